The molecule has 20 heavy (non-hydrogen) atoms. The summed E-state index contributed by atoms with van der Waals surface area (Å²) in [5.74, 6) is -1.04. The van der Waals surface area contributed by atoms with Gasteiger partial charge < -0.3 is 10.4 Å². The van der Waals surface area contributed by atoms with E-state index in [2.05, 4.69) is 5.32 Å². The predicted octanol–water partition coefficient (Wildman–Crippen LogP) is 4.07. The highest BCUT2D eigenvalue weighted by Gasteiger charge is 2.11. The van der Waals surface area contributed by atoms with Crippen molar-refractivity contribution in [1.82, 2.24) is 0 Å². The highest BCUT2D eigenvalue weighted by atomic mass is 35.5. The molecule has 1 unspecified atom stereocenters. The number of aliphatic hydroxyl groups is 1. The lowest BCUT2D eigenvalue weighted by Gasteiger charge is -2.14. The van der Waals surface area contributed by atoms with Crippen molar-refractivity contribution in [2.24, 2.45) is 0 Å². The molecule has 0 fully saturated rings. The highest BCUT2D eigenvalue weighted by Crippen LogP contribution is 2.21. The van der Waals surface area contributed by atoms with Crippen LogP contribution in [0.4, 0.5) is 14.5 Å². The zero-order valence-corrected chi connectivity index (χ0v) is 11.6. The van der Waals surface area contributed by atoms with E-state index in [-0.39, 0.29) is 17.8 Å². The van der Waals surface area contributed by atoms with Crippen LogP contribution in [0.5, 0.6) is 0 Å². The van der Waals surface area contributed by atoms with Gasteiger partial charge in [-0.05, 0) is 36.2 Å². The average Bonchev–Trinajstić information content (AvgIpc) is 2.42. The van der Waals surface area contributed by atoms with Crippen LogP contribution in [-0.2, 0) is 0 Å². The number of aliphatic hydroxyl groups excluding tert-OH is 1. The average molecular weight is 298 g/mol. The van der Waals surface area contributed by atoms with E-state index in [1.807, 2.05) is 0 Å². The van der Waals surface area contributed by atoms with Gasteiger partial charge in [0.05, 0.1) is 11.8 Å². The SMILES string of the molecule is Cc1cc(F)c(NCC(O)c2ccc(Cl)cc2)cc1F. The Morgan fingerprint density at radius 2 is 1.80 bits per heavy atom. The molecule has 0 aliphatic heterocycles. The highest BCUT2D eigenvalue weighted by molar-refractivity contribution is 6.30. The van der Waals surface area contributed by atoms with Crippen LogP contribution in [0.15, 0.2) is 36.4 Å². The molecule has 0 bridgehead atoms. The normalized spacial score (nSPS) is 12.2. The molecule has 2 rings (SSSR count). The molecule has 106 valence electrons. The van der Waals surface area contributed by atoms with Gasteiger partial charge in [-0.2, -0.15) is 0 Å². The standard InChI is InChI=1S/C15H14ClF2NO/c1-9-6-13(18)14(7-12(9)17)19-8-15(20)10-2-4-11(16)5-3-10/h2-7,15,19-20H,8H2,1H3. The second kappa shape index (κ2) is 6.20. The van der Waals surface area contributed by atoms with Gasteiger partial charge in [0.25, 0.3) is 0 Å². The molecule has 1 atom stereocenters. The number of hydrogen-bond acceptors (Lipinski definition) is 2. The van der Waals surface area contributed by atoms with Gasteiger partial charge in [0.1, 0.15) is 11.6 Å². The summed E-state index contributed by atoms with van der Waals surface area (Å²) >= 11 is 5.75. The van der Waals surface area contributed by atoms with Crippen LogP contribution in [0.25, 0.3) is 0 Å². The van der Waals surface area contributed by atoms with Crippen molar-refractivity contribution in [2.75, 3.05) is 11.9 Å². The van der Waals surface area contributed by atoms with Crippen LogP contribution in [0.3, 0.4) is 0 Å². The fraction of sp³-hybridized carbons (Fsp3) is 0.200. The first-order chi connectivity index (χ1) is 9.47. The molecule has 5 heteroatoms. The van der Waals surface area contributed by atoms with Crippen molar-refractivity contribution < 1.29 is 13.9 Å². The van der Waals surface area contributed by atoms with Crippen molar-refractivity contribution in [1.29, 1.82) is 0 Å². The van der Waals surface area contributed by atoms with E-state index in [0.717, 1.165) is 12.1 Å². The number of benzene rings is 2. The third kappa shape index (κ3) is 3.46. The molecule has 0 saturated carbocycles. The third-order valence-electron chi connectivity index (χ3n) is 2.99. The molecule has 0 amide bonds. The molecule has 2 N–H and O–H groups in total. The Hall–Kier alpha value is -1.65. The number of aryl methyl sites for hydroxylation is 1. The van der Waals surface area contributed by atoms with Crippen LogP contribution in [0.2, 0.25) is 5.02 Å². The number of nitrogens with one attached hydrogen (secondary N) is 1. The van der Waals surface area contributed by atoms with Gasteiger partial charge in [-0.3, -0.25) is 0 Å². The fourth-order valence-corrected chi connectivity index (χ4v) is 1.92. The summed E-state index contributed by atoms with van der Waals surface area (Å²) in [4.78, 5) is 0. The van der Waals surface area contributed by atoms with Gasteiger partial charge in [-0.25, -0.2) is 8.78 Å². The second-order valence-corrected chi connectivity index (χ2v) is 4.97. The maximum absolute atomic E-state index is 13.6. The van der Waals surface area contributed by atoms with E-state index in [9.17, 15) is 13.9 Å². The Kier molecular flexibility index (Phi) is 4.57. The van der Waals surface area contributed by atoms with Crippen LogP contribution in [0.1, 0.15) is 17.2 Å². The predicted molar refractivity (Wildman–Crippen MR) is 76.0 cm³/mol. The lowest BCUT2D eigenvalue weighted by molar-refractivity contribution is 0.191. The first-order valence-corrected chi connectivity index (χ1v) is 6.48. The maximum Gasteiger partial charge on any atom is 0.146 e. The molecule has 0 aliphatic rings. The first-order valence-electron chi connectivity index (χ1n) is 6.10. The molecular formula is C15H14ClF2NO. The summed E-state index contributed by atoms with van der Waals surface area (Å²) in [5, 5.41) is 13.2. The quantitative estimate of drug-likeness (QED) is 0.891. The van der Waals surface area contributed by atoms with Crippen molar-refractivity contribution in [3.05, 3.63) is 64.2 Å². The Bertz CT molecular complexity index is 602. The topological polar surface area (TPSA) is 32.3 Å². The van der Waals surface area contributed by atoms with Gasteiger partial charge in [0.15, 0.2) is 0 Å². The van der Waals surface area contributed by atoms with E-state index in [1.54, 1.807) is 24.3 Å². The molecular weight excluding hydrogens is 284 g/mol. The van der Waals surface area contributed by atoms with E-state index >= 15 is 0 Å². The van der Waals surface area contributed by atoms with Gasteiger partial charge in [0, 0.05) is 17.6 Å². The summed E-state index contributed by atoms with van der Waals surface area (Å²) < 4.78 is 27.0. The molecule has 2 aromatic carbocycles. The number of anilines is 1. The lowest BCUT2D eigenvalue weighted by atomic mass is 10.1. The largest absolute Gasteiger partial charge is 0.387 e. The Labute approximate surface area is 121 Å². The van der Waals surface area contributed by atoms with E-state index in [1.165, 1.54) is 6.92 Å². The molecule has 0 radical (unpaired) electrons. The summed E-state index contributed by atoms with van der Waals surface area (Å²) in [5.41, 5.74) is 0.919. The number of halogens is 3. The maximum atomic E-state index is 13.6. The van der Waals surface area contributed by atoms with Gasteiger partial charge >= 0.3 is 0 Å². The zero-order valence-electron chi connectivity index (χ0n) is 10.8. The molecule has 0 heterocycles. The number of hydrogen-bond donors (Lipinski definition) is 2. The van der Waals surface area contributed by atoms with Crippen molar-refractivity contribution >= 4 is 17.3 Å². The van der Waals surface area contributed by atoms with E-state index < -0.39 is 17.7 Å². The lowest BCUT2D eigenvalue weighted by Crippen LogP contribution is -2.13. The van der Waals surface area contributed by atoms with Crippen molar-refractivity contribution in [3.63, 3.8) is 0 Å². The van der Waals surface area contributed by atoms with Crippen molar-refractivity contribution in [2.45, 2.75) is 13.0 Å². The van der Waals surface area contributed by atoms with Gasteiger partial charge in [-0.1, -0.05) is 23.7 Å². The second-order valence-electron chi connectivity index (χ2n) is 4.53. The molecule has 0 spiro atoms. The summed E-state index contributed by atoms with van der Waals surface area (Å²) in [7, 11) is 0. The molecule has 0 aliphatic carbocycles. The molecule has 2 aromatic rings. The Morgan fingerprint density at radius 3 is 2.45 bits per heavy atom. The summed E-state index contributed by atoms with van der Waals surface area (Å²) in [6, 6.07) is 8.88. The van der Waals surface area contributed by atoms with E-state index in [0.29, 0.717) is 10.6 Å². The van der Waals surface area contributed by atoms with Crippen molar-refractivity contribution in [3.8, 4) is 0 Å². The Morgan fingerprint density at radius 1 is 1.15 bits per heavy atom. The smallest absolute Gasteiger partial charge is 0.146 e. The molecule has 0 aromatic heterocycles. The van der Waals surface area contributed by atoms with E-state index in [4.69, 9.17) is 11.6 Å². The fourth-order valence-electron chi connectivity index (χ4n) is 1.79. The van der Waals surface area contributed by atoms with Gasteiger partial charge in [-0.15, -0.1) is 0 Å². The molecule has 0 saturated heterocycles. The summed E-state index contributed by atoms with van der Waals surface area (Å²) in [6.45, 7) is 1.56. The number of rotatable bonds is 4. The first kappa shape index (κ1) is 14.8. The summed E-state index contributed by atoms with van der Waals surface area (Å²) in [6.07, 6.45) is -0.837. The van der Waals surface area contributed by atoms with Crippen LogP contribution >= 0.6 is 11.6 Å². The molecule has 2 nitrogen and oxygen atoms in total. The minimum atomic E-state index is -0.837. The zero-order chi connectivity index (χ0) is 14.7. The monoisotopic (exact) mass is 297 g/mol. The van der Waals surface area contributed by atoms with Crippen LogP contribution in [-0.4, -0.2) is 11.7 Å². The van der Waals surface area contributed by atoms with Crippen LogP contribution < -0.4 is 5.32 Å². The third-order valence-corrected chi connectivity index (χ3v) is 3.24. The minimum absolute atomic E-state index is 0.0288. The van der Waals surface area contributed by atoms with Gasteiger partial charge in [0.2, 0.25) is 0 Å². The Balaban J connectivity index is 2.05. The minimum Gasteiger partial charge on any atom is -0.387 e. The van der Waals surface area contributed by atoms with Crippen LogP contribution in [0, 0.1) is 18.6 Å².